The third kappa shape index (κ3) is 6.08. The second-order valence-corrected chi connectivity index (χ2v) is 8.53. The maximum absolute atomic E-state index is 13.5. The summed E-state index contributed by atoms with van der Waals surface area (Å²) in [6.07, 6.45) is 1.51. The van der Waals surface area contributed by atoms with Crippen molar-refractivity contribution in [3.05, 3.63) is 66.0 Å². The van der Waals surface area contributed by atoms with E-state index in [2.05, 4.69) is 15.2 Å². The van der Waals surface area contributed by atoms with Crippen LogP contribution in [0.1, 0.15) is 18.1 Å². The van der Waals surface area contributed by atoms with Gasteiger partial charge in [-0.05, 0) is 24.3 Å². The fourth-order valence-corrected chi connectivity index (χ4v) is 3.67. The molecule has 33 heavy (non-hydrogen) atoms. The minimum atomic E-state index is -4.35. The summed E-state index contributed by atoms with van der Waals surface area (Å²) in [7, 11) is -4.35. The van der Waals surface area contributed by atoms with Gasteiger partial charge in [-0.3, -0.25) is 4.79 Å². The predicted octanol–water partition coefficient (Wildman–Crippen LogP) is 3.41. The number of benzene rings is 2. The molecule has 0 aliphatic carbocycles. The minimum Gasteiger partial charge on any atom is -0.435 e. The molecule has 3 aromatic rings. The van der Waals surface area contributed by atoms with Crippen LogP contribution in [-0.4, -0.2) is 30.7 Å². The molecule has 0 saturated heterocycles. The number of nitrogens with one attached hydrogen (secondary N) is 1. The fourth-order valence-electron chi connectivity index (χ4n) is 2.93. The molecule has 2 aromatic carbocycles. The van der Waals surface area contributed by atoms with E-state index in [1.54, 1.807) is 0 Å². The molecule has 0 fully saturated rings. The third-order valence-corrected chi connectivity index (χ3v) is 5.37. The average molecular weight is 486 g/mol. The number of hydrogen-bond donors (Lipinski definition) is 2. The molecule has 0 bridgehead atoms. The summed E-state index contributed by atoms with van der Waals surface area (Å²) in [4.78, 5) is 11.9. The first kappa shape index (κ1) is 24.2. The number of anilines is 1. The molecule has 1 heterocycles. The van der Waals surface area contributed by atoms with Crippen LogP contribution in [0.3, 0.4) is 0 Å². The number of amides is 1. The van der Waals surface area contributed by atoms with Gasteiger partial charge in [0.2, 0.25) is 15.9 Å². The minimum absolute atomic E-state index is 0.0215. The standard InChI is InChI=1S/C20H18F4N4O4S/c1-20(23,24)13-10-26-28(11-13)15-7-6-14(9-17(15)33(25,30)31)27-18(29)8-12-4-2-3-5-16(12)32-19(21)22/h2-7,9-11,19H,8H2,1H3,(H,27,29)(H2,25,30,31). The Morgan fingerprint density at radius 1 is 1.24 bits per heavy atom. The lowest BCUT2D eigenvalue weighted by molar-refractivity contribution is -0.115. The molecule has 1 amide bonds. The van der Waals surface area contributed by atoms with E-state index in [0.29, 0.717) is 6.92 Å². The van der Waals surface area contributed by atoms with E-state index in [9.17, 15) is 30.8 Å². The number of ether oxygens (including phenoxy) is 1. The second kappa shape index (κ2) is 9.19. The molecular formula is C20H18F4N4O4S. The van der Waals surface area contributed by atoms with Gasteiger partial charge >= 0.3 is 6.61 Å². The molecule has 0 radical (unpaired) electrons. The first-order valence-electron chi connectivity index (χ1n) is 9.27. The van der Waals surface area contributed by atoms with Gasteiger partial charge in [0.15, 0.2) is 0 Å². The number of sulfonamides is 1. The first-order valence-corrected chi connectivity index (χ1v) is 10.8. The smallest absolute Gasteiger partial charge is 0.387 e. The van der Waals surface area contributed by atoms with Crippen LogP contribution >= 0.6 is 0 Å². The van der Waals surface area contributed by atoms with E-state index in [4.69, 9.17) is 5.14 Å². The number of carbonyl (C=O) groups is 1. The Kier molecular flexibility index (Phi) is 6.74. The van der Waals surface area contributed by atoms with Crippen molar-refractivity contribution in [2.75, 3.05) is 5.32 Å². The zero-order chi connectivity index (χ0) is 24.4. The summed E-state index contributed by atoms with van der Waals surface area (Å²) in [6.45, 7) is -2.41. The molecule has 1 aromatic heterocycles. The van der Waals surface area contributed by atoms with E-state index in [1.165, 1.54) is 36.4 Å². The summed E-state index contributed by atoms with van der Waals surface area (Å²) < 4.78 is 81.6. The lowest BCUT2D eigenvalue weighted by atomic mass is 10.1. The van der Waals surface area contributed by atoms with E-state index < -0.39 is 38.9 Å². The lowest BCUT2D eigenvalue weighted by Crippen LogP contribution is -2.18. The normalized spacial score (nSPS) is 12.1. The highest BCUT2D eigenvalue weighted by atomic mass is 32.2. The summed E-state index contributed by atoms with van der Waals surface area (Å²) in [5, 5.41) is 11.5. The van der Waals surface area contributed by atoms with Crippen LogP contribution in [0, 0.1) is 0 Å². The van der Waals surface area contributed by atoms with Crippen LogP contribution in [0.5, 0.6) is 5.75 Å². The highest BCUT2D eigenvalue weighted by molar-refractivity contribution is 7.89. The predicted molar refractivity (Wildman–Crippen MR) is 110 cm³/mol. The molecule has 0 aliphatic heterocycles. The van der Waals surface area contributed by atoms with Crippen molar-refractivity contribution in [3.8, 4) is 11.4 Å². The molecule has 0 saturated carbocycles. The Labute approximate surface area is 186 Å². The molecule has 13 heteroatoms. The van der Waals surface area contributed by atoms with Crippen molar-refractivity contribution < 1.29 is 35.5 Å². The SMILES string of the molecule is CC(F)(F)c1cnn(-c2ccc(NC(=O)Cc3ccccc3OC(F)F)cc2S(N)(=O)=O)c1. The Balaban J connectivity index is 1.87. The highest BCUT2D eigenvalue weighted by Crippen LogP contribution is 2.29. The van der Waals surface area contributed by atoms with E-state index >= 15 is 0 Å². The third-order valence-electron chi connectivity index (χ3n) is 4.43. The zero-order valence-electron chi connectivity index (χ0n) is 17.0. The van der Waals surface area contributed by atoms with Gasteiger partial charge in [-0.15, -0.1) is 0 Å². The van der Waals surface area contributed by atoms with Gasteiger partial charge in [0.05, 0.1) is 23.9 Å². The Morgan fingerprint density at radius 3 is 2.55 bits per heavy atom. The Bertz CT molecular complexity index is 1270. The van der Waals surface area contributed by atoms with Gasteiger partial charge in [0.1, 0.15) is 10.6 Å². The van der Waals surface area contributed by atoms with Crippen molar-refractivity contribution >= 4 is 21.6 Å². The molecule has 0 unspecified atom stereocenters. The zero-order valence-corrected chi connectivity index (χ0v) is 17.8. The average Bonchev–Trinajstić information content (AvgIpc) is 3.19. The number of halogens is 4. The van der Waals surface area contributed by atoms with Gasteiger partial charge in [-0.2, -0.15) is 13.9 Å². The maximum atomic E-state index is 13.5. The Hall–Kier alpha value is -3.45. The molecule has 3 rings (SSSR count). The quantitative estimate of drug-likeness (QED) is 0.474. The number of nitrogens with zero attached hydrogens (tertiary/aromatic N) is 2. The molecule has 8 nitrogen and oxygen atoms in total. The number of alkyl halides is 4. The van der Waals surface area contributed by atoms with Crippen LogP contribution < -0.4 is 15.2 Å². The van der Waals surface area contributed by atoms with Crippen molar-refractivity contribution in [2.24, 2.45) is 5.14 Å². The second-order valence-electron chi connectivity index (χ2n) is 7.00. The number of nitrogens with two attached hydrogens (primary N) is 1. The summed E-state index contributed by atoms with van der Waals surface area (Å²) in [6, 6.07) is 9.28. The van der Waals surface area contributed by atoms with Crippen molar-refractivity contribution in [1.82, 2.24) is 9.78 Å². The molecule has 0 aliphatic rings. The lowest BCUT2D eigenvalue weighted by Gasteiger charge is -2.13. The molecule has 0 atom stereocenters. The van der Waals surface area contributed by atoms with Gasteiger partial charge < -0.3 is 10.1 Å². The summed E-state index contributed by atoms with van der Waals surface area (Å²) >= 11 is 0. The topological polar surface area (TPSA) is 116 Å². The molecule has 3 N–H and O–H groups in total. The van der Waals surface area contributed by atoms with Gasteiger partial charge in [0.25, 0.3) is 5.92 Å². The van der Waals surface area contributed by atoms with Crippen molar-refractivity contribution in [2.45, 2.75) is 30.8 Å². The number of primary sulfonamides is 1. The maximum Gasteiger partial charge on any atom is 0.387 e. The van der Waals surface area contributed by atoms with Crippen molar-refractivity contribution in [1.29, 1.82) is 0 Å². The van der Waals surface area contributed by atoms with Gasteiger partial charge in [0, 0.05) is 24.4 Å². The monoisotopic (exact) mass is 486 g/mol. The number of hydrogen-bond acceptors (Lipinski definition) is 5. The van der Waals surface area contributed by atoms with Crippen molar-refractivity contribution in [3.63, 3.8) is 0 Å². The molecule has 0 spiro atoms. The number of para-hydroxylation sites is 1. The van der Waals surface area contributed by atoms with Gasteiger partial charge in [-0.25, -0.2) is 27.0 Å². The van der Waals surface area contributed by atoms with Crippen LogP contribution in [0.25, 0.3) is 5.69 Å². The fraction of sp³-hybridized carbons (Fsp3) is 0.200. The number of aromatic nitrogens is 2. The largest absolute Gasteiger partial charge is 0.435 e. The molecular weight excluding hydrogens is 468 g/mol. The van der Waals surface area contributed by atoms with E-state index in [-0.39, 0.29) is 29.1 Å². The summed E-state index contributed by atoms with van der Waals surface area (Å²) in [5.74, 6) is -4.02. The first-order chi connectivity index (χ1) is 15.3. The van der Waals surface area contributed by atoms with Crippen LogP contribution in [0.15, 0.2) is 59.8 Å². The van der Waals surface area contributed by atoms with Crippen LogP contribution in [0.2, 0.25) is 0 Å². The van der Waals surface area contributed by atoms with E-state index in [1.807, 2.05) is 0 Å². The number of carbonyl (C=O) groups excluding carboxylic acids is 1. The molecule has 176 valence electrons. The Morgan fingerprint density at radius 2 is 1.94 bits per heavy atom. The van der Waals surface area contributed by atoms with Gasteiger partial charge in [-0.1, -0.05) is 18.2 Å². The van der Waals surface area contributed by atoms with Crippen LogP contribution in [-0.2, 0) is 27.2 Å². The van der Waals surface area contributed by atoms with E-state index in [0.717, 1.165) is 23.1 Å². The van der Waals surface area contributed by atoms with Crippen LogP contribution in [0.4, 0.5) is 23.2 Å². The number of rotatable bonds is 8. The summed E-state index contributed by atoms with van der Waals surface area (Å²) in [5.41, 5.74) is -0.344. The highest BCUT2D eigenvalue weighted by Gasteiger charge is 2.27.